The predicted molar refractivity (Wildman–Crippen MR) is 116 cm³/mol. The Morgan fingerprint density at radius 2 is 1.96 bits per heavy atom. The molecule has 0 aliphatic heterocycles. The average Bonchev–Trinajstić information content (AvgIpc) is 2.97. The Bertz CT molecular complexity index is 916. The standard InChI is InChI=1S/C18H17BrClN3OS.ClH/c1-22(2)8-9-23(17(24)12-4-3-5-14(20)10-12)18-21-15-7-6-13(19)11-16(15)25-18;/h3-7,10-11H,8-9H2,1-2H3;1H. The molecule has 1 aromatic heterocycles. The van der Waals surface area contributed by atoms with Crippen LogP contribution >= 0.6 is 51.3 Å². The average molecular weight is 475 g/mol. The molecule has 0 saturated heterocycles. The second kappa shape index (κ2) is 9.15. The van der Waals surface area contributed by atoms with Gasteiger partial charge in [-0.25, -0.2) is 4.98 Å². The van der Waals surface area contributed by atoms with Gasteiger partial charge in [0, 0.05) is 28.1 Å². The van der Waals surface area contributed by atoms with Crippen molar-refractivity contribution in [2.45, 2.75) is 0 Å². The SMILES string of the molecule is CN(C)CCN(C(=O)c1cccc(Cl)c1)c1nc2ccc(Br)cc2s1.Cl. The lowest BCUT2D eigenvalue weighted by Crippen LogP contribution is -2.36. The highest BCUT2D eigenvalue weighted by molar-refractivity contribution is 9.10. The van der Waals surface area contributed by atoms with E-state index in [1.807, 2.05) is 37.2 Å². The van der Waals surface area contributed by atoms with Gasteiger partial charge in [-0.1, -0.05) is 44.9 Å². The van der Waals surface area contributed by atoms with E-state index in [-0.39, 0.29) is 18.3 Å². The first kappa shape index (κ1) is 21.1. The van der Waals surface area contributed by atoms with Gasteiger partial charge in [-0.05, 0) is 50.5 Å². The fourth-order valence-electron chi connectivity index (χ4n) is 2.36. The van der Waals surface area contributed by atoms with E-state index in [2.05, 4.69) is 20.9 Å². The molecule has 0 unspecified atom stereocenters. The minimum atomic E-state index is -0.0949. The predicted octanol–water partition coefficient (Wildman–Crippen LogP) is 5.34. The van der Waals surface area contributed by atoms with E-state index in [4.69, 9.17) is 11.6 Å². The van der Waals surface area contributed by atoms with Crippen LogP contribution in [0.2, 0.25) is 5.02 Å². The first-order valence-corrected chi connectivity index (χ1v) is 9.71. The number of fused-ring (bicyclic) bond motifs is 1. The van der Waals surface area contributed by atoms with Crippen molar-refractivity contribution in [1.29, 1.82) is 0 Å². The Labute approximate surface area is 176 Å². The van der Waals surface area contributed by atoms with Crippen LogP contribution < -0.4 is 4.90 Å². The highest BCUT2D eigenvalue weighted by atomic mass is 79.9. The number of rotatable bonds is 5. The van der Waals surface area contributed by atoms with E-state index >= 15 is 0 Å². The number of likely N-dealkylation sites (N-methyl/N-ethyl adjacent to an activating group) is 1. The smallest absolute Gasteiger partial charge is 0.260 e. The van der Waals surface area contributed by atoms with Gasteiger partial charge < -0.3 is 4.90 Å². The molecule has 8 heteroatoms. The van der Waals surface area contributed by atoms with Crippen LogP contribution in [0.5, 0.6) is 0 Å². The molecule has 3 aromatic rings. The van der Waals surface area contributed by atoms with E-state index < -0.39 is 0 Å². The molecule has 0 spiro atoms. The van der Waals surface area contributed by atoms with E-state index in [1.165, 1.54) is 11.3 Å². The largest absolute Gasteiger partial charge is 0.308 e. The number of hydrogen-bond acceptors (Lipinski definition) is 4. The summed E-state index contributed by atoms with van der Waals surface area (Å²) < 4.78 is 2.04. The zero-order valence-electron chi connectivity index (χ0n) is 14.3. The summed E-state index contributed by atoms with van der Waals surface area (Å²) in [5.74, 6) is -0.0949. The Hall–Kier alpha value is -1.18. The highest BCUT2D eigenvalue weighted by Crippen LogP contribution is 2.31. The summed E-state index contributed by atoms with van der Waals surface area (Å²) in [4.78, 5) is 21.5. The topological polar surface area (TPSA) is 36.4 Å². The lowest BCUT2D eigenvalue weighted by molar-refractivity contribution is 0.0985. The molecule has 0 atom stereocenters. The number of nitrogens with zero attached hydrogens (tertiary/aromatic N) is 3. The van der Waals surface area contributed by atoms with Crippen LogP contribution in [0.3, 0.4) is 0 Å². The number of amides is 1. The molecule has 1 heterocycles. The van der Waals surface area contributed by atoms with Crippen molar-refractivity contribution < 1.29 is 4.79 Å². The third kappa shape index (κ3) is 4.96. The lowest BCUT2D eigenvalue weighted by Gasteiger charge is -2.22. The maximum absolute atomic E-state index is 13.1. The molecule has 26 heavy (non-hydrogen) atoms. The number of hydrogen-bond donors (Lipinski definition) is 0. The van der Waals surface area contributed by atoms with Crippen molar-refractivity contribution in [1.82, 2.24) is 9.88 Å². The Morgan fingerprint density at radius 3 is 2.65 bits per heavy atom. The minimum absolute atomic E-state index is 0. The van der Waals surface area contributed by atoms with Gasteiger partial charge >= 0.3 is 0 Å². The number of thiazole rings is 1. The summed E-state index contributed by atoms with van der Waals surface area (Å²) in [6.07, 6.45) is 0. The molecular weight excluding hydrogens is 457 g/mol. The van der Waals surface area contributed by atoms with E-state index in [9.17, 15) is 4.79 Å². The molecule has 3 rings (SSSR count). The van der Waals surface area contributed by atoms with E-state index in [0.717, 1.165) is 21.2 Å². The molecule has 0 bridgehead atoms. The van der Waals surface area contributed by atoms with Gasteiger partial charge in [0.05, 0.1) is 10.2 Å². The first-order valence-electron chi connectivity index (χ1n) is 7.72. The number of carbonyl (C=O) groups is 1. The lowest BCUT2D eigenvalue weighted by atomic mass is 10.2. The van der Waals surface area contributed by atoms with Crippen LogP contribution in [-0.4, -0.2) is 43.0 Å². The Kier molecular flexibility index (Phi) is 7.43. The quantitative estimate of drug-likeness (QED) is 0.500. The zero-order chi connectivity index (χ0) is 18.0. The zero-order valence-corrected chi connectivity index (χ0v) is 18.3. The molecule has 0 N–H and O–H groups in total. The van der Waals surface area contributed by atoms with Crippen molar-refractivity contribution in [2.24, 2.45) is 0 Å². The molecule has 0 radical (unpaired) electrons. The number of anilines is 1. The monoisotopic (exact) mass is 473 g/mol. The third-order valence-electron chi connectivity index (χ3n) is 3.66. The molecular formula is C18H18BrCl2N3OS. The van der Waals surface area contributed by atoms with Gasteiger partial charge in [0.15, 0.2) is 5.13 Å². The van der Waals surface area contributed by atoms with Crippen LogP contribution in [0.15, 0.2) is 46.9 Å². The normalized spacial score (nSPS) is 10.8. The number of aromatic nitrogens is 1. The Morgan fingerprint density at radius 1 is 1.19 bits per heavy atom. The van der Waals surface area contributed by atoms with Crippen molar-refractivity contribution in [3.8, 4) is 0 Å². The molecule has 0 aliphatic rings. The summed E-state index contributed by atoms with van der Waals surface area (Å²) in [6.45, 7) is 1.30. The number of carbonyl (C=O) groups excluding carboxylic acids is 1. The van der Waals surface area contributed by atoms with Gasteiger partial charge in [-0.3, -0.25) is 9.69 Å². The van der Waals surface area contributed by atoms with Crippen LogP contribution in [-0.2, 0) is 0 Å². The number of halogens is 3. The molecule has 0 saturated carbocycles. The molecule has 0 fully saturated rings. The van der Waals surface area contributed by atoms with Gasteiger partial charge in [-0.15, -0.1) is 12.4 Å². The summed E-state index contributed by atoms with van der Waals surface area (Å²) in [6, 6.07) is 12.9. The summed E-state index contributed by atoms with van der Waals surface area (Å²) in [7, 11) is 3.97. The highest BCUT2D eigenvalue weighted by Gasteiger charge is 2.21. The van der Waals surface area contributed by atoms with Crippen molar-refractivity contribution >= 4 is 72.5 Å². The minimum Gasteiger partial charge on any atom is -0.308 e. The summed E-state index contributed by atoms with van der Waals surface area (Å²) in [5, 5.41) is 1.24. The van der Waals surface area contributed by atoms with Crippen LogP contribution in [0.4, 0.5) is 5.13 Å². The molecule has 1 amide bonds. The molecule has 2 aromatic carbocycles. The van der Waals surface area contributed by atoms with Crippen LogP contribution in [0, 0.1) is 0 Å². The molecule has 4 nitrogen and oxygen atoms in total. The van der Waals surface area contributed by atoms with Crippen LogP contribution in [0.1, 0.15) is 10.4 Å². The molecule has 0 aliphatic carbocycles. The first-order chi connectivity index (χ1) is 11.9. The van der Waals surface area contributed by atoms with E-state index in [1.54, 1.807) is 29.2 Å². The van der Waals surface area contributed by atoms with Crippen molar-refractivity contribution in [3.05, 3.63) is 57.5 Å². The molecule has 138 valence electrons. The second-order valence-corrected chi connectivity index (χ2v) is 8.24. The maximum atomic E-state index is 13.1. The summed E-state index contributed by atoms with van der Waals surface area (Å²) in [5.41, 5.74) is 1.45. The Balaban J connectivity index is 0.00000243. The van der Waals surface area contributed by atoms with Gasteiger partial charge in [0.1, 0.15) is 0 Å². The second-order valence-electron chi connectivity index (χ2n) is 5.88. The van der Waals surface area contributed by atoms with Crippen molar-refractivity contribution in [3.63, 3.8) is 0 Å². The van der Waals surface area contributed by atoms with E-state index in [0.29, 0.717) is 22.3 Å². The number of benzene rings is 2. The van der Waals surface area contributed by atoms with Gasteiger partial charge in [-0.2, -0.15) is 0 Å². The van der Waals surface area contributed by atoms with Crippen molar-refractivity contribution in [2.75, 3.05) is 32.1 Å². The summed E-state index contributed by atoms with van der Waals surface area (Å²) >= 11 is 11.0. The van der Waals surface area contributed by atoms with Gasteiger partial charge in [0.2, 0.25) is 0 Å². The third-order valence-corrected chi connectivity index (χ3v) is 5.43. The van der Waals surface area contributed by atoms with Crippen LogP contribution in [0.25, 0.3) is 10.2 Å². The fourth-order valence-corrected chi connectivity index (χ4v) is 4.10. The van der Waals surface area contributed by atoms with Gasteiger partial charge in [0.25, 0.3) is 5.91 Å². The fraction of sp³-hybridized carbons (Fsp3) is 0.222. The maximum Gasteiger partial charge on any atom is 0.260 e.